The zero-order chi connectivity index (χ0) is 13.9. The van der Waals surface area contributed by atoms with Gasteiger partial charge in [-0.15, -0.1) is 0 Å². The summed E-state index contributed by atoms with van der Waals surface area (Å²) >= 11 is 5.43. The normalized spacial score (nSPS) is 27.4. The molecule has 2 bridgehead atoms. The summed E-state index contributed by atoms with van der Waals surface area (Å²) in [5.41, 5.74) is 0.983. The molecule has 1 aromatic rings. The van der Waals surface area contributed by atoms with Crippen molar-refractivity contribution < 1.29 is 4.74 Å². The van der Waals surface area contributed by atoms with Crippen LogP contribution in [0.15, 0.2) is 24.3 Å². The first-order valence-electron chi connectivity index (χ1n) is 7.55. The lowest BCUT2D eigenvalue weighted by Crippen LogP contribution is -2.40. The Morgan fingerprint density at radius 1 is 1.35 bits per heavy atom. The molecular weight excluding hydrogens is 268 g/mol. The molecule has 0 aromatic heterocycles. The van der Waals surface area contributed by atoms with Crippen LogP contribution in [0.5, 0.6) is 5.75 Å². The Labute approximate surface area is 126 Å². The standard InChI is InChI=1S/C16H22N2OS/c1-2-19-14-5-3-4-13(10-14)17-16(20)18-15-9-11-6-7-12(15)8-11/h3-5,10-12,15H,2,6-9H2,1H3,(H2,17,18,20)/t11-,12-,15-/m1/s1. The van der Waals surface area contributed by atoms with Crippen LogP contribution in [0.25, 0.3) is 0 Å². The van der Waals surface area contributed by atoms with Crippen LogP contribution in [-0.4, -0.2) is 17.8 Å². The monoisotopic (exact) mass is 290 g/mol. The van der Waals surface area contributed by atoms with Crippen LogP contribution >= 0.6 is 12.2 Å². The highest BCUT2D eigenvalue weighted by Gasteiger charge is 2.39. The zero-order valence-electron chi connectivity index (χ0n) is 11.9. The van der Waals surface area contributed by atoms with E-state index in [9.17, 15) is 0 Å². The van der Waals surface area contributed by atoms with Crippen LogP contribution in [0.2, 0.25) is 0 Å². The molecule has 2 saturated carbocycles. The van der Waals surface area contributed by atoms with Gasteiger partial charge in [0.05, 0.1) is 6.61 Å². The first-order valence-corrected chi connectivity index (χ1v) is 7.96. The van der Waals surface area contributed by atoms with Crippen molar-refractivity contribution in [3.05, 3.63) is 24.3 Å². The molecule has 0 saturated heterocycles. The predicted octanol–water partition coefficient (Wildman–Crippen LogP) is 3.56. The number of ether oxygens (including phenoxy) is 1. The summed E-state index contributed by atoms with van der Waals surface area (Å²) in [6.07, 6.45) is 5.45. The summed E-state index contributed by atoms with van der Waals surface area (Å²) in [5, 5.41) is 7.49. The van der Waals surface area contributed by atoms with Crippen LogP contribution in [0.1, 0.15) is 32.6 Å². The summed E-state index contributed by atoms with van der Waals surface area (Å²) in [7, 11) is 0. The molecule has 3 nitrogen and oxygen atoms in total. The maximum atomic E-state index is 5.50. The first kappa shape index (κ1) is 13.7. The van der Waals surface area contributed by atoms with E-state index in [0.717, 1.165) is 28.4 Å². The minimum Gasteiger partial charge on any atom is -0.494 e. The van der Waals surface area contributed by atoms with E-state index in [4.69, 9.17) is 17.0 Å². The van der Waals surface area contributed by atoms with Gasteiger partial charge >= 0.3 is 0 Å². The Bertz CT molecular complexity index is 491. The van der Waals surface area contributed by atoms with Gasteiger partial charge in [0.2, 0.25) is 0 Å². The van der Waals surface area contributed by atoms with Crippen molar-refractivity contribution in [1.29, 1.82) is 0 Å². The number of anilines is 1. The van der Waals surface area contributed by atoms with E-state index >= 15 is 0 Å². The molecule has 0 aliphatic heterocycles. The Morgan fingerprint density at radius 2 is 2.25 bits per heavy atom. The number of benzene rings is 1. The number of hydrogen-bond donors (Lipinski definition) is 2. The lowest BCUT2D eigenvalue weighted by molar-refractivity contribution is 0.340. The van der Waals surface area contributed by atoms with Gasteiger partial charge in [0.15, 0.2) is 5.11 Å². The van der Waals surface area contributed by atoms with Gasteiger partial charge in [0.1, 0.15) is 5.75 Å². The van der Waals surface area contributed by atoms with Gasteiger partial charge in [-0.1, -0.05) is 12.5 Å². The van der Waals surface area contributed by atoms with Crippen LogP contribution in [0.3, 0.4) is 0 Å². The van der Waals surface area contributed by atoms with Crippen LogP contribution in [0.4, 0.5) is 5.69 Å². The SMILES string of the molecule is CCOc1cccc(NC(=S)N[C@@H]2C[C@@H]3CC[C@@H]2C3)c1. The fraction of sp³-hybridized carbons (Fsp3) is 0.562. The van der Waals surface area contributed by atoms with Crippen LogP contribution in [-0.2, 0) is 0 Å². The Hall–Kier alpha value is -1.29. The van der Waals surface area contributed by atoms with Crippen molar-refractivity contribution in [2.24, 2.45) is 11.8 Å². The third-order valence-electron chi connectivity index (χ3n) is 4.46. The van der Waals surface area contributed by atoms with Crippen molar-refractivity contribution in [2.75, 3.05) is 11.9 Å². The summed E-state index contributed by atoms with van der Waals surface area (Å²) in [6.45, 7) is 2.67. The van der Waals surface area contributed by atoms with Gasteiger partial charge in [-0.3, -0.25) is 0 Å². The minimum atomic E-state index is 0.573. The van der Waals surface area contributed by atoms with Crippen molar-refractivity contribution in [3.63, 3.8) is 0 Å². The third-order valence-corrected chi connectivity index (χ3v) is 4.68. The van der Waals surface area contributed by atoms with E-state index in [2.05, 4.69) is 10.6 Å². The molecule has 3 atom stereocenters. The number of rotatable bonds is 4. The summed E-state index contributed by atoms with van der Waals surface area (Å²) < 4.78 is 5.50. The highest BCUT2D eigenvalue weighted by molar-refractivity contribution is 7.80. The van der Waals surface area contributed by atoms with E-state index in [-0.39, 0.29) is 0 Å². The number of thiocarbonyl (C=S) groups is 1. The van der Waals surface area contributed by atoms with Gasteiger partial charge in [-0.25, -0.2) is 0 Å². The van der Waals surface area contributed by atoms with Gasteiger partial charge in [-0.05, 0) is 62.4 Å². The second kappa shape index (κ2) is 6.00. The topological polar surface area (TPSA) is 33.3 Å². The molecule has 2 N–H and O–H groups in total. The largest absolute Gasteiger partial charge is 0.494 e. The van der Waals surface area contributed by atoms with Gasteiger partial charge < -0.3 is 15.4 Å². The summed E-state index contributed by atoms with van der Waals surface area (Å²) in [5.74, 6) is 2.64. The summed E-state index contributed by atoms with van der Waals surface area (Å²) in [6, 6.07) is 8.51. The Morgan fingerprint density at radius 3 is 2.95 bits per heavy atom. The van der Waals surface area contributed by atoms with Gasteiger partial charge in [-0.2, -0.15) is 0 Å². The number of nitrogens with one attached hydrogen (secondary N) is 2. The molecule has 20 heavy (non-hydrogen) atoms. The molecule has 0 heterocycles. The van der Waals surface area contributed by atoms with Crippen LogP contribution in [0, 0.1) is 11.8 Å². The Kier molecular flexibility index (Phi) is 4.10. The molecule has 4 heteroatoms. The molecule has 0 radical (unpaired) electrons. The third kappa shape index (κ3) is 3.06. The van der Waals surface area contributed by atoms with Gasteiger partial charge in [0.25, 0.3) is 0 Å². The van der Waals surface area contributed by atoms with Crippen molar-refractivity contribution in [3.8, 4) is 5.75 Å². The van der Waals surface area contributed by atoms with E-state index in [1.165, 1.54) is 25.7 Å². The fourth-order valence-corrected chi connectivity index (χ4v) is 3.86. The highest BCUT2D eigenvalue weighted by atomic mass is 32.1. The molecular formula is C16H22N2OS. The zero-order valence-corrected chi connectivity index (χ0v) is 12.7. The molecule has 0 amide bonds. The quantitative estimate of drug-likeness (QED) is 0.831. The van der Waals surface area contributed by atoms with E-state index in [1.807, 2.05) is 31.2 Å². The molecule has 2 aliphatic rings. The van der Waals surface area contributed by atoms with Crippen molar-refractivity contribution in [2.45, 2.75) is 38.6 Å². The maximum absolute atomic E-state index is 5.50. The number of hydrogen-bond acceptors (Lipinski definition) is 2. The fourth-order valence-electron chi connectivity index (χ4n) is 3.59. The van der Waals surface area contributed by atoms with Crippen molar-refractivity contribution in [1.82, 2.24) is 5.32 Å². The predicted molar refractivity (Wildman–Crippen MR) is 86.2 cm³/mol. The summed E-state index contributed by atoms with van der Waals surface area (Å²) in [4.78, 5) is 0. The second-order valence-corrected chi connectivity index (χ2v) is 6.25. The highest BCUT2D eigenvalue weighted by Crippen LogP contribution is 2.44. The van der Waals surface area contributed by atoms with E-state index in [1.54, 1.807) is 0 Å². The van der Waals surface area contributed by atoms with E-state index < -0.39 is 0 Å². The molecule has 0 unspecified atom stereocenters. The minimum absolute atomic E-state index is 0.573. The molecule has 1 aromatic carbocycles. The smallest absolute Gasteiger partial charge is 0.171 e. The maximum Gasteiger partial charge on any atom is 0.171 e. The molecule has 108 valence electrons. The molecule has 2 aliphatic carbocycles. The average molecular weight is 290 g/mol. The second-order valence-electron chi connectivity index (χ2n) is 5.84. The molecule has 0 spiro atoms. The molecule has 2 fully saturated rings. The van der Waals surface area contributed by atoms with Crippen LogP contribution < -0.4 is 15.4 Å². The Balaban J connectivity index is 1.54. The van der Waals surface area contributed by atoms with E-state index in [0.29, 0.717) is 12.6 Å². The van der Waals surface area contributed by atoms with Crippen molar-refractivity contribution >= 4 is 23.0 Å². The number of fused-ring (bicyclic) bond motifs is 2. The average Bonchev–Trinajstić information content (AvgIpc) is 3.01. The van der Waals surface area contributed by atoms with Gasteiger partial charge in [0, 0.05) is 17.8 Å². The lowest BCUT2D eigenvalue weighted by atomic mass is 9.96. The lowest BCUT2D eigenvalue weighted by Gasteiger charge is -2.24. The first-order chi connectivity index (χ1) is 9.74. The molecule has 3 rings (SSSR count).